The second-order valence-corrected chi connectivity index (χ2v) is 3.93. The number of hydrogen-bond donors (Lipinski definition) is 1. The van der Waals surface area contributed by atoms with Crippen molar-refractivity contribution in [3.05, 3.63) is 41.6 Å². The van der Waals surface area contributed by atoms with E-state index in [9.17, 15) is 4.79 Å². The molecule has 0 aliphatic rings. The number of rotatable bonds is 3. The average Bonchev–Trinajstić information content (AvgIpc) is 2.72. The second kappa shape index (κ2) is 4.91. The van der Waals surface area contributed by atoms with E-state index in [0.29, 0.717) is 12.4 Å². The van der Waals surface area contributed by atoms with Crippen LogP contribution < -0.4 is 5.73 Å². The Morgan fingerprint density at radius 3 is 2.89 bits per heavy atom. The number of nitrogens with zero attached hydrogens (tertiary/aromatic N) is 2. The molecule has 2 aromatic rings. The summed E-state index contributed by atoms with van der Waals surface area (Å²) in [5, 5.41) is 4.16. The highest BCUT2D eigenvalue weighted by molar-refractivity contribution is 5.88. The van der Waals surface area contributed by atoms with Crippen molar-refractivity contribution in [3.63, 3.8) is 0 Å². The number of benzene rings is 1. The van der Waals surface area contributed by atoms with Crippen LogP contribution in [0.3, 0.4) is 0 Å². The van der Waals surface area contributed by atoms with Crippen molar-refractivity contribution in [2.24, 2.45) is 0 Å². The van der Waals surface area contributed by atoms with E-state index in [1.165, 1.54) is 10.7 Å². The van der Waals surface area contributed by atoms with Gasteiger partial charge in [-0.3, -0.25) is 0 Å². The van der Waals surface area contributed by atoms with Gasteiger partial charge in [0.25, 0.3) is 0 Å². The van der Waals surface area contributed by atoms with Crippen LogP contribution in [0.4, 0.5) is 5.82 Å². The van der Waals surface area contributed by atoms with Gasteiger partial charge in [-0.1, -0.05) is 12.1 Å². The third-order valence-electron chi connectivity index (χ3n) is 2.47. The van der Waals surface area contributed by atoms with E-state index in [1.54, 1.807) is 6.92 Å². The molecule has 0 aliphatic heterocycles. The zero-order valence-corrected chi connectivity index (χ0v) is 10.4. The number of aryl methyl sites for hydroxylation is 1. The zero-order chi connectivity index (χ0) is 13.1. The molecule has 94 valence electrons. The lowest BCUT2D eigenvalue weighted by Crippen LogP contribution is -2.07. The van der Waals surface area contributed by atoms with Crippen molar-refractivity contribution in [2.45, 2.75) is 13.8 Å². The first-order valence-electron chi connectivity index (χ1n) is 5.71. The number of carbonyl (C=O) groups excluding carboxylic acids is 1. The normalized spacial score (nSPS) is 10.3. The van der Waals surface area contributed by atoms with Crippen LogP contribution in [0.1, 0.15) is 23.0 Å². The molecule has 0 saturated carbocycles. The van der Waals surface area contributed by atoms with Gasteiger partial charge in [0.2, 0.25) is 0 Å². The summed E-state index contributed by atoms with van der Waals surface area (Å²) in [7, 11) is 0. The van der Waals surface area contributed by atoms with E-state index < -0.39 is 5.97 Å². The Kier molecular flexibility index (Phi) is 3.32. The summed E-state index contributed by atoms with van der Waals surface area (Å²) in [5.41, 5.74) is 7.99. The molecule has 0 amide bonds. The maximum absolute atomic E-state index is 11.6. The molecule has 0 unspecified atom stereocenters. The molecule has 2 N–H and O–H groups in total. The number of nitrogen functional groups attached to an aromatic ring is 1. The van der Waals surface area contributed by atoms with Crippen LogP contribution in [-0.4, -0.2) is 22.4 Å². The number of aromatic nitrogens is 2. The first-order valence-corrected chi connectivity index (χ1v) is 5.71. The first kappa shape index (κ1) is 12.2. The van der Waals surface area contributed by atoms with E-state index in [-0.39, 0.29) is 5.69 Å². The third kappa shape index (κ3) is 2.34. The van der Waals surface area contributed by atoms with Crippen molar-refractivity contribution in [1.82, 2.24) is 9.78 Å². The van der Waals surface area contributed by atoms with E-state index in [2.05, 4.69) is 5.10 Å². The molecule has 0 spiro atoms. The minimum absolute atomic E-state index is 0.218. The maximum Gasteiger partial charge on any atom is 0.358 e. The van der Waals surface area contributed by atoms with Crippen LogP contribution >= 0.6 is 0 Å². The lowest BCUT2D eigenvalue weighted by molar-refractivity contribution is 0.0519. The Labute approximate surface area is 105 Å². The largest absolute Gasteiger partial charge is 0.461 e. The molecule has 1 aromatic heterocycles. The number of esters is 1. The fourth-order valence-corrected chi connectivity index (χ4v) is 1.67. The lowest BCUT2D eigenvalue weighted by Gasteiger charge is -2.04. The molecule has 18 heavy (non-hydrogen) atoms. The standard InChI is InChI=1S/C13H15N3O2/c1-3-18-13(17)11-8-12(14)16(15-11)10-6-4-5-9(2)7-10/h4-8H,3,14H2,1-2H3. The first-order chi connectivity index (χ1) is 8.61. The van der Waals surface area contributed by atoms with Crippen LogP contribution in [0, 0.1) is 6.92 Å². The average molecular weight is 245 g/mol. The summed E-state index contributed by atoms with van der Waals surface area (Å²) in [4.78, 5) is 11.6. The number of ether oxygens (including phenoxy) is 1. The highest BCUT2D eigenvalue weighted by atomic mass is 16.5. The number of carbonyl (C=O) groups is 1. The fraction of sp³-hybridized carbons (Fsp3) is 0.231. The molecule has 5 heteroatoms. The van der Waals surface area contributed by atoms with Gasteiger partial charge in [0, 0.05) is 6.07 Å². The summed E-state index contributed by atoms with van der Waals surface area (Å²) in [5.74, 6) is -0.0562. The Balaban J connectivity index is 2.38. The smallest absolute Gasteiger partial charge is 0.358 e. The fourth-order valence-electron chi connectivity index (χ4n) is 1.67. The minimum Gasteiger partial charge on any atom is -0.461 e. The summed E-state index contributed by atoms with van der Waals surface area (Å²) < 4.78 is 6.41. The molecule has 0 fully saturated rings. The molecule has 0 aliphatic carbocycles. The quantitative estimate of drug-likeness (QED) is 0.839. The molecule has 1 heterocycles. The Hall–Kier alpha value is -2.30. The van der Waals surface area contributed by atoms with Gasteiger partial charge in [-0.2, -0.15) is 5.10 Å². The van der Waals surface area contributed by atoms with Gasteiger partial charge < -0.3 is 10.5 Å². The Bertz CT molecular complexity index is 575. The third-order valence-corrected chi connectivity index (χ3v) is 2.47. The second-order valence-electron chi connectivity index (χ2n) is 3.93. The number of anilines is 1. The maximum atomic E-state index is 11.6. The summed E-state index contributed by atoms with van der Waals surface area (Å²) >= 11 is 0. The summed E-state index contributed by atoms with van der Waals surface area (Å²) in [6.45, 7) is 4.05. The van der Waals surface area contributed by atoms with E-state index >= 15 is 0 Å². The zero-order valence-electron chi connectivity index (χ0n) is 10.4. The van der Waals surface area contributed by atoms with Crippen molar-refractivity contribution < 1.29 is 9.53 Å². The van der Waals surface area contributed by atoms with Crippen LogP contribution in [0.2, 0.25) is 0 Å². The van der Waals surface area contributed by atoms with Crippen molar-refractivity contribution in [1.29, 1.82) is 0 Å². The SMILES string of the molecule is CCOC(=O)c1cc(N)n(-c2cccc(C)c2)n1. The van der Waals surface area contributed by atoms with Gasteiger partial charge in [-0.25, -0.2) is 9.48 Å². The van der Waals surface area contributed by atoms with Crippen LogP contribution in [0.15, 0.2) is 30.3 Å². The van der Waals surface area contributed by atoms with Crippen molar-refractivity contribution in [3.8, 4) is 5.69 Å². The molecular weight excluding hydrogens is 230 g/mol. The lowest BCUT2D eigenvalue weighted by atomic mass is 10.2. The van der Waals surface area contributed by atoms with Crippen molar-refractivity contribution in [2.75, 3.05) is 12.3 Å². The molecule has 1 aromatic carbocycles. The minimum atomic E-state index is -0.462. The Morgan fingerprint density at radius 2 is 2.22 bits per heavy atom. The van der Waals surface area contributed by atoms with Crippen LogP contribution in [0.25, 0.3) is 5.69 Å². The summed E-state index contributed by atoms with van der Waals surface area (Å²) in [6.07, 6.45) is 0. The van der Waals surface area contributed by atoms with Crippen LogP contribution in [0.5, 0.6) is 0 Å². The molecule has 0 atom stereocenters. The highest BCUT2D eigenvalue weighted by Gasteiger charge is 2.14. The van der Waals surface area contributed by atoms with Gasteiger partial charge in [0.05, 0.1) is 12.3 Å². The van der Waals surface area contributed by atoms with E-state index in [0.717, 1.165) is 11.3 Å². The topological polar surface area (TPSA) is 70.1 Å². The van der Waals surface area contributed by atoms with E-state index in [1.807, 2.05) is 31.2 Å². The monoisotopic (exact) mass is 245 g/mol. The highest BCUT2D eigenvalue weighted by Crippen LogP contribution is 2.16. The van der Waals surface area contributed by atoms with Gasteiger partial charge in [-0.15, -0.1) is 0 Å². The molecule has 0 bridgehead atoms. The van der Waals surface area contributed by atoms with Crippen LogP contribution in [-0.2, 0) is 4.74 Å². The van der Waals surface area contributed by atoms with Gasteiger partial charge in [-0.05, 0) is 31.5 Å². The molecule has 0 radical (unpaired) electrons. The summed E-state index contributed by atoms with van der Waals surface area (Å²) in [6, 6.07) is 9.23. The van der Waals surface area contributed by atoms with Gasteiger partial charge >= 0.3 is 5.97 Å². The number of nitrogens with two attached hydrogens (primary N) is 1. The molecule has 2 rings (SSSR count). The molecule has 5 nitrogen and oxygen atoms in total. The van der Waals surface area contributed by atoms with Gasteiger partial charge in [0.15, 0.2) is 5.69 Å². The Morgan fingerprint density at radius 1 is 1.44 bits per heavy atom. The predicted octanol–water partition coefficient (Wildman–Crippen LogP) is 1.94. The van der Waals surface area contributed by atoms with E-state index in [4.69, 9.17) is 10.5 Å². The number of hydrogen-bond acceptors (Lipinski definition) is 4. The van der Waals surface area contributed by atoms with Crippen molar-refractivity contribution >= 4 is 11.8 Å². The predicted molar refractivity (Wildman–Crippen MR) is 68.7 cm³/mol. The molecular formula is C13H15N3O2. The van der Waals surface area contributed by atoms with Gasteiger partial charge in [0.1, 0.15) is 5.82 Å². The molecule has 0 saturated heterocycles.